The molecule has 0 spiro atoms. The minimum Gasteiger partial charge on any atom is -0.326 e. The van der Waals surface area contributed by atoms with E-state index in [0.29, 0.717) is 6.07 Å². The van der Waals surface area contributed by atoms with E-state index in [2.05, 4.69) is 0 Å². The normalized spacial score (nSPS) is 17.3. The Kier molecular flexibility index (Phi) is 2.38. The van der Waals surface area contributed by atoms with E-state index >= 15 is 0 Å². The summed E-state index contributed by atoms with van der Waals surface area (Å²) in [6, 6.07) is 4.03. The smallest absolute Gasteiger partial charge is 0.228 e. The molecule has 0 bridgehead atoms. The van der Waals surface area contributed by atoms with Gasteiger partial charge in [0.25, 0.3) is 0 Å². The predicted molar refractivity (Wildman–Crippen MR) is 58.6 cm³/mol. The molecule has 0 aliphatic rings. The van der Waals surface area contributed by atoms with Gasteiger partial charge >= 0.3 is 0 Å². The first-order valence-electron chi connectivity index (χ1n) is 3.56. The molecule has 14 heavy (non-hydrogen) atoms. The van der Waals surface area contributed by atoms with E-state index in [1.165, 1.54) is 6.07 Å². The fraction of sp³-hybridized carbons (Fsp3) is 0.143. The zero-order valence-electron chi connectivity index (χ0n) is 6.89. The van der Waals surface area contributed by atoms with Gasteiger partial charge < -0.3 is 5.73 Å². The molecule has 0 saturated carbocycles. The standard InChI is InChI=1S/C7H8F4INS/c8-14(9,10,11,12)7-3-1-2-6(4-7)5-13/h1-4H,5,13H2. The Bertz CT molecular complexity index is 360. The molecular formula is C7H8F4INS. The second kappa shape index (κ2) is 2.76. The number of rotatable bonds is 2. The fourth-order valence-electron chi connectivity index (χ4n) is 0.912. The molecule has 82 valence electrons. The Hall–Kier alpha value is -0.0200. The number of halogens is 5. The average molecular weight is 341 g/mol. The Balaban J connectivity index is 3.35. The summed E-state index contributed by atoms with van der Waals surface area (Å²) >= 11 is -0.0456. The quantitative estimate of drug-likeness (QED) is 0.631. The predicted octanol–water partition coefficient (Wildman–Crippen LogP) is 4.27. The van der Waals surface area contributed by atoms with Gasteiger partial charge in [-0.25, -0.2) is 0 Å². The lowest BCUT2D eigenvalue weighted by atomic mass is 10.2. The summed E-state index contributed by atoms with van der Waals surface area (Å²) in [5.41, 5.74) is 5.43. The molecule has 1 aromatic carbocycles. The third kappa shape index (κ3) is 2.99. The Morgan fingerprint density at radius 2 is 1.79 bits per heavy atom. The minimum atomic E-state index is -8.07. The molecule has 0 saturated heterocycles. The first-order valence-corrected chi connectivity index (χ1v) is 8.15. The van der Waals surface area contributed by atoms with Gasteiger partial charge in [0.1, 0.15) is 0 Å². The van der Waals surface area contributed by atoms with Crippen molar-refractivity contribution in [2.75, 3.05) is 0 Å². The lowest BCUT2D eigenvalue weighted by Gasteiger charge is -2.43. The maximum absolute atomic E-state index is 12.9. The Morgan fingerprint density at radius 1 is 1.21 bits per heavy atom. The highest BCUT2D eigenvalue weighted by atomic mass is 127. The number of hydrogen-bond acceptors (Lipinski definition) is 1. The molecule has 7 heteroatoms. The van der Waals surface area contributed by atoms with E-state index < -0.39 is 11.9 Å². The van der Waals surface area contributed by atoms with Gasteiger partial charge in [-0.15, -0.1) is 15.5 Å². The number of hydrogen-bond donors (Lipinski definition) is 1. The van der Waals surface area contributed by atoms with Gasteiger partial charge in [-0.2, -0.15) is 0 Å². The maximum atomic E-state index is 12.9. The fourth-order valence-corrected chi connectivity index (χ4v) is 2.44. The van der Waals surface area contributed by atoms with Crippen molar-refractivity contribution in [3.63, 3.8) is 0 Å². The van der Waals surface area contributed by atoms with E-state index in [-0.39, 0.29) is 33.3 Å². The van der Waals surface area contributed by atoms with Gasteiger partial charge in [-0.1, -0.05) is 12.1 Å². The van der Waals surface area contributed by atoms with Crippen molar-refractivity contribution in [2.24, 2.45) is 5.73 Å². The van der Waals surface area contributed by atoms with Crippen molar-refractivity contribution in [1.82, 2.24) is 0 Å². The lowest BCUT2D eigenvalue weighted by Crippen LogP contribution is -2.05. The molecule has 1 rings (SSSR count). The zero-order valence-corrected chi connectivity index (χ0v) is 9.87. The largest absolute Gasteiger partial charge is 0.326 e. The summed E-state index contributed by atoms with van der Waals surface area (Å²) in [5, 5.41) is 0. The molecule has 0 unspecified atom stereocenters. The van der Waals surface area contributed by atoms with Crippen molar-refractivity contribution in [2.45, 2.75) is 11.4 Å². The van der Waals surface area contributed by atoms with Crippen LogP contribution in [-0.4, -0.2) is 0 Å². The molecule has 2 N–H and O–H groups in total. The summed E-state index contributed by atoms with van der Waals surface area (Å²) < 4.78 is 51.5. The first-order chi connectivity index (χ1) is 6.03. The van der Waals surface area contributed by atoms with E-state index in [9.17, 15) is 15.5 Å². The topological polar surface area (TPSA) is 26.0 Å². The van der Waals surface area contributed by atoms with E-state index in [1.54, 1.807) is 0 Å². The van der Waals surface area contributed by atoms with Crippen LogP contribution in [0, 0.1) is 0 Å². The van der Waals surface area contributed by atoms with Gasteiger partial charge in [0.05, 0.1) is 26.1 Å². The Morgan fingerprint density at radius 3 is 2.21 bits per heavy atom. The van der Waals surface area contributed by atoms with Crippen LogP contribution in [0.1, 0.15) is 5.56 Å². The average Bonchev–Trinajstić information content (AvgIpc) is 2.01. The van der Waals surface area contributed by atoms with Crippen LogP contribution in [0.4, 0.5) is 15.5 Å². The molecule has 0 aliphatic carbocycles. The molecule has 0 aromatic heterocycles. The summed E-state index contributed by atoms with van der Waals surface area (Å²) in [6.45, 7) is -0.0433. The molecule has 0 amide bonds. The molecule has 1 nitrogen and oxygen atoms in total. The highest BCUT2D eigenvalue weighted by Crippen LogP contribution is 3.06. The highest BCUT2D eigenvalue weighted by Gasteiger charge is 2.61. The van der Waals surface area contributed by atoms with Crippen LogP contribution in [0.2, 0.25) is 0 Å². The van der Waals surface area contributed by atoms with Gasteiger partial charge in [0, 0.05) is 6.54 Å². The first kappa shape index (κ1) is 12.1. The molecule has 0 aliphatic heterocycles. The van der Waals surface area contributed by atoms with Crippen LogP contribution >= 0.6 is 28.2 Å². The molecule has 0 fully saturated rings. The van der Waals surface area contributed by atoms with Crippen molar-refractivity contribution < 1.29 is 15.5 Å². The van der Waals surface area contributed by atoms with E-state index in [0.717, 1.165) is 12.1 Å². The zero-order chi connectivity index (χ0) is 11.1. The van der Waals surface area contributed by atoms with Crippen LogP contribution in [-0.2, 0) is 6.54 Å². The van der Waals surface area contributed by atoms with Crippen LogP contribution in [0.5, 0.6) is 0 Å². The highest BCUT2D eigenvalue weighted by molar-refractivity contribution is 14.2. The van der Waals surface area contributed by atoms with Crippen LogP contribution in [0.15, 0.2) is 29.2 Å². The van der Waals surface area contributed by atoms with Crippen molar-refractivity contribution in [1.29, 1.82) is 0 Å². The van der Waals surface area contributed by atoms with Crippen LogP contribution < -0.4 is 5.73 Å². The van der Waals surface area contributed by atoms with E-state index in [1.807, 2.05) is 0 Å². The number of nitrogens with two attached hydrogens (primary N) is 1. The maximum Gasteiger partial charge on any atom is 0.228 e. The lowest BCUT2D eigenvalue weighted by molar-refractivity contribution is 0.489. The van der Waals surface area contributed by atoms with Gasteiger partial charge in [-0.05, 0) is 17.7 Å². The van der Waals surface area contributed by atoms with Gasteiger partial charge in [-0.3, -0.25) is 0 Å². The van der Waals surface area contributed by atoms with Crippen LogP contribution in [0.25, 0.3) is 0 Å². The van der Waals surface area contributed by atoms with Gasteiger partial charge in [0.2, 0.25) is 7.01 Å². The molecule has 1 aromatic rings. The molecular weight excluding hydrogens is 333 g/mol. The van der Waals surface area contributed by atoms with Crippen molar-refractivity contribution in [3.8, 4) is 0 Å². The Labute approximate surface area is 90.7 Å². The molecule has 0 atom stereocenters. The second-order valence-electron chi connectivity index (χ2n) is 2.82. The molecule has 0 heterocycles. The summed E-state index contributed by atoms with van der Waals surface area (Å²) in [5.74, 6) is 0. The minimum absolute atomic E-state index is 0.0433. The summed E-state index contributed by atoms with van der Waals surface area (Å²) in [6.07, 6.45) is 0. The summed E-state index contributed by atoms with van der Waals surface area (Å²) in [4.78, 5) is -1.24. The van der Waals surface area contributed by atoms with Crippen LogP contribution in [0.3, 0.4) is 0 Å². The SMILES string of the molecule is NCc1cccc(S(F)(F)(F)(F)I)c1. The van der Waals surface area contributed by atoms with Gasteiger partial charge in [0.15, 0.2) is 0 Å². The van der Waals surface area contributed by atoms with Crippen molar-refractivity contribution >= 4 is 28.2 Å². The molecule has 0 radical (unpaired) electrons. The van der Waals surface area contributed by atoms with Crippen molar-refractivity contribution in [3.05, 3.63) is 29.8 Å². The third-order valence-corrected chi connectivity index (χ3v) is 4.25. The van der Waals surface area contributed by atoms with E-state index in [4.69, 9.17) is 5.73 Å². The monoisotopic (exact) mass is 341 g/mol. The number of benzene rings is 1. The second-order valence-corrected chi connectivity index (χ2v) is 10.5. The summed E-state index contributed by atoms with van der Waals surface area (Å²) in [7, 11) is -8.07. The third-order valence-electron chi connectivity index (χ3n) is 1.58.